The van der Waals surface area contributed by atoms with Gasteiger partial charge in [0.1, 0.15) is 17.7 Å². The summed E-state index contributed by atoms with van der Waals surface area (Å²) in [7, 11) is 3.87. The number of ether oxygens (including phenoxy) is 1. The van der Waals surface area contributed by atoms with E-state index in [-0.39, 0.29) is 12.0 Å². The first-order valence-corrected chi connectivity index (χ1v) is 10.8. The quantitative estimate of drug-likeness (QED) is 0.721. The molecule has 0 atom stereocenters. The number of aromatic nitrogens is 3. The molecule has 2 aromatic heterocycles. The lowest BCUT2D eigenvalue weighted by Crippen LogP contribution is -2.39. The van der Waals surface area contributed by atoms with Crippen LogP contribution in [0.1, 0.15) is 36.0 Å². The van der Waals surface area contributed by atoms with Gasteiger partial charge in [-0.2, -0.15) is 4.98 Å². The van der Waals surface area contributed by atoms with Crippen LogP contribution in [0.25, 0.3) is 0 Å². The molecule has 0 spiro atoms. The second-order valence-electron chi connectivity index (χ2n) is 7.92. The van der Waals surface area contributed by atoms with Crippen LogP contribution in [0.15, 0.2) is 24.5 Å². The largest absolute Gasteiger partial charge is 0.460 e. The number of hydrogen-bond acceptors (Lipinski definition) is 7. The summed E-state index contributed by atoms with van der Waals surface area (Å²) in [6, 6.07) is 4.00. The zero-order chi connectivity index (χ0) is 21.1. The molecule has 2 aromatic rings. The Kier molecular flexibility index (Phi) is 6.22. The number of piperidine rings is 1. The Labute approximate surface area is 181 Å². The minimum atomic E-state index is 0.0144. The van der Waals surface area contributed by atoms with Crippen molar-refractivity contribution in [3.63, 3.8) is 0 Å². The first-order chi connectivity index (χ1) is 14.5. The van der Waals surface area contributed by atoms with Gasteiger partial charge in [0.2, 0.25) is 0 Å². The lowest BCUT2D eigenvalue weighted by atomic mass is 10.1. The zero-order valence-corrected chi connectivity index (χ0v) is 18.2. The molecule has 30 heavy (non-hydrogen) atoms. The number of carbonyl (C=O) groups is 1. The van der Waals surface area contributed by atoms with Crippen LogP contribution in [-0.4, -0.2) is 72.1 Å². The fraction of sp³-hybridized carbons (Fsp3) is 0.524. The van der Waals surface area contributed by atoms with E-state index in [1.165, 1.54) is 0 Å². The van der Waals surface area contributed by atoms with Crippen LogP contribution in [0.3, 0.4) is 0 Å². The molecule has 4 heterocycles. The molecule has 2 fully saturated rings. The first kappa shape index (κ1) is 20.7. The van der Waals surface area contributed by atoms with Crippen LogP contribution < -0.4 is 14.5 Å². The highest BCUT2D eigenvalue weighted by Crippen LogP contribution is 2.28. The van der Waals surface area contributed by atoms with Crippen LogP contribution >= 0.6 is 11.6 Å². The van der Waals surface area contributed by atoms with Gasteiger partial charge in [-0.25, -0.2) is 9.97 Å². The molecule has 0 unspecified atom stereocenters. The van der Waals surface area contributed by atoms with Gasteiger partial charge in [-0.1, -0.05) is 11.6 Å². The lowest BCUT2D eigenvalue weighted by molar-refractivity contribution is 0.0792. The molecule has 2 saturated heterocycles. The third kappa shape index (κ3) is 4.59. The summed E-state index contributed by atoms with van der Waals surface area (Å²) in [6.45, 7) is 3.16. The molecule has 9 heteroatoms. The molecule has 2 aliphatic heterocycles. The van der Waals surface area contributed by atoms with E-state index in [9.17, 15) is 4.79 Å². The van der Waals surface area contributed by atoms with E-state index in [0.717, 1.165) is 63.5 Å². The summed E-state index contributed by atoms with van der Waals surface area (Å²) >= 11 is 6.50. The Morgan fingerprint density at radius 2 is 1.90 bits per heavy atom. The second kappa shape index (κ2) is 9.04. The number of carbonyl (C=O) groups excluding carboxylic acids is 1. The van der Waals surface area contributed by atoms with Crippen LogP contribution in [0.2, 0.25) is 5.02 Å². The van der Waals surface area contributed by atoms with Crippen molar-refractivity contribution in [3.05, 3.63) is 35.1 Å². The van der Waals surface area contributed by atoms with Crippen LogP contribution in [0.4, 0.5) is 11.6 Å². The Morgan fingerprint density at radius 1 is 1.17 bits per heavy atom. The van der Waals surface area contributed by atoms with Gasteiger partial charge in [-0.05, 0) is 25.0 Å². The van der Waals surface area contributed by atoms with E-state index in [1.807, 2.05) is 30.0 Å². The van der Waals surface area contributed by atoms with Gasteiger partial charge in [0.05, 0.1) is 10.6 Å². The maximum absolute atomic E-state index is 12.6. The zero-order valence-electron chi connectivity index (χ0n) is 17.4. The maximum Gasteiger partial charge on any atom is 0.318 e. The van der Waals surface area contributed by atoms with Gasteiger partial charge < -0.3 is 19.4 Å². The van der Waals surface area contributed by atoms with Crippen molar-refractivity contribution in [1.29, 1.82) is 0 Å². The standard InChI is InChI=1S/C21H27ClN6O2/c1-26(2)18-5-8-23-21(25-18)30-16-6-11-27(12-7-16)19-17(22)13-15(14-24-19)20(29)28-9-3-4-10-28/h5,8,13-14,16H,3-4,6-7,9-12H2,1-2H3. The molecule has 160 valence electrons. The summed E-state index contributed by atoms with van der Waals surface area (Å²) < 4.78 is 5.99. The number of pyridine rings is 1. The normalized spacial score (nSPS) is 17.3. The van der Waals surface area contributed by atoms with Gasteiger partial charge in [0.15, 0.2) is 0 Å². The van der Waals surface area contributed by atoms with Crippen LogP contribution in [0.5, 0.6) is 6.01 Å². The molecule has 0 radical (unpaired) electrons. The van der Waals surface area contributed by atoms with Crippen molar-refractivity contribution in [3.8, 4) is 6.01 Å². The molecule has 2 aliphatic rings. The summed E-state index contributed by atoms with van der Waals surface area (Å²) in [5.41, 5.74) is 0.557. The first-order valence-electron chi connectivity index (χ1n) is 10.4. The molecule has 0 aliphatic carbocycles. The van der Waals surface area contributed by atoms with Crippen molar-refractivity contribution < 1.29 is 9.53 Å². The number of likely N-dealkylation sites (tertiary alicyclic amines) is 1. The number of amides is 1. The predicted molar refractivity (Wildman–Crippen MR) is 117 cm³/mol. The smallest absolute Gasteiger partial charge is 0.318 e. The molecule has 0 saturated carbocycles. The van der Waals surface area contributed by atoms with E-state index in [4.69, 9.17) is 16.3 Å². The van der Waals surface area contributed by atoms with Crippen LogP contribution in [0, 0.1) is 0 Å². The highest BCUT2D eigenvalue weighted by molar-refractivity contribution is 6.33. The summed E-state index contributed by atoms with van der Waals surface area (Å²) in [5.74, 6) is 1.55. The number of rotatable bonds is 5. The van der Waals surface area contributed by atoms with E-state index in [0.29, 0.717) is 16.6 Å². The third-order valence-electron chi connectivity index (χ3n) is 5.55. The van der Waals surface area contributed by atoms with Crippen molar-refractivity contribution in [2.45, 2.75) is 31.8 Å². The molecule has 4 rings (SSSR count). The predicted octanol–water partition coefficient (Wildman–Crippen LogP) is 2.87. The van der Waals surface area contributed by atoms with E-state index < -0.39 is 0 Å². The third-order valence-corrected chi connectivity index (χ3v) is 5.83. The molecule has 1 amide bonds. The number of anilines is 2. The minimum absolute atomic E-state index is 0.0144. The maximum atomic E-state index is 12.6. The van der Waals surface area contributed by atoms with Gasteiger partial charge in [-0.3, -0.25) is 4.79 Å². The van der Waals surface area contributed by atoms with Crippen molar-refractivity contribution in [2.24, 2.45) is 0 Å². The van der Waals surface area contributed by atoms with E-state index in [1.54, 1.807) is 18.5 Å². The van der Waals surface area contributed by atoms with Crippen molar-refractivity contribution in [2.75, 3.05) is 50.1 Å². The topological polar surface area (TPSA) is 74.7 Å². The summed E-state index contributed by atoms with van der Waals surface area (Å²) in [5, 5.41) is 0.515. The van der Waals surface area contributed by atoms with Crippen molar-refractivity contribution >= 4 is 29.1 Å². The van der Waals surface area contributed by atoms with E-state index >= 15 is 0 Å². The number of nitrogens with zero attached hydrogens (tertiary/aromatic N) is 6. The average molecular weight is 431 g/mol. The lowest BCUT2D eigenvalue weighted by Gasteiger charge is -2.33. The average Bonchev–Trinajstić information content (AvgIpc) is 3.29. The van der Waals surface area contributed by atoms with E-state index in [2.05, 4.69) is 19.9 Å². The SMILES string of the molecule is CN(C)c1ccnc(OC2CCN(c3ncc(C(=O)N4CCCC4)cc3Cl)CC2)n1. The summed E-state index contributed by atoms with van der Waals surface area (Å²) in [4.78, 5) is 31.6. The Bertz CT molecular complexity index is 895. The molecular formula is C21H27ClN6O2. The van der Waals surface area contributed by atoms with Crippen LogP contribution in [-0.2, 0) is 0 Å². The molecule has 0 N–H and O–H groups in total. The fourth-order valence-electron chi connectivity index (χ4n) is 3.86. The Hall–Kier alpha value is -2.61. The monoisotopic (exact) mass is 430 g/mol. The number of hydrogen-bond donors (Lipinski definition) is 0. The van der Waals surface area contributed by atoms with Gasteiger partial charge >= 0.3 is 6.01 Å². The molecule has 0 aromatic carbocycles. The second-order valence-corrected chi connectivity index (χ2v) is 8.33. The Balaban J connectivity index is 1.36. The minimum Gasteiger partial charge on any atom is -0.460 e. The highest BCUT2D eigenvalue weighted by atomic mass is 35.5. The van der Waals surface area contributed by atoms with Gasteiger partial charge in [-0.15, -0.1) is 0 Å². The van der Waals surface area contributed by atoms with Crippen molar-refractivity contribution in [1.82, 2.24) is 19.9 Å². The molecule has 8 nitrogen and oxygen atoms in total. The fourth-order valence-corrected chi connectivity index (χ4v) is 4.14. The summed E-state index contributed by atoms with van der Waals surface area (Å²) in [6.07, 6.45) is 7.17. The van der Waals surface area contributed by atoms with Gasteiger partial charge in [0, 0.05) is 65.5 Å². The Morgan fingerprint density at radius 3 is 2.57 bits per heavy atom. The molecular weight excluding hydrogens is 404 g/mol. The highest BCUT2D eigenvalue weighted by Gasteiger charge is 2.25. The molecule has 0 bridgehead atoms. The van der Waals surface area contributed by atoms with Gasteiger partial charge in [0.25, 0.3) is 5.91 Å². The number of halogens is 1.